The topological polar surface area (TPSA) is 93.8 Å². The van der Waals surface area contributed by atoms with Gasteiger partial charge in [-0.1, -0.05) is 35.9 Å². The van der Waals surface area contributed by atoms with E-state index in [4.69, 9.17) is 16.3 Å². The first-order chi connectivity index (χ1) is 15.5. The molecule has 7 nitrogen and oxygen atoms in total. The van der Waals surface area contributed by atoms with Crippen molar-refractivity contribution in [3.8, 4) is 5.75 Å². The minimum atomic E-state index is -0.441. The van der Waals surface area contributed by atoms with Gasteiger partial charge in [-0.05, 0) is 65.4 Å². The molecule has 1 amide bonds. The summed E-state index contributed by atoms with van der Waals surface area (Å²) in [5.74, 6) is 0.379. The molecule has 1 aliphatic rings. The number of aliphatic imine (C=N–C) groups is 1. The molecule has 1 fully saturated rings. The van der Waals surface area contributed by atoms with Gasteiger partial charge in [0, 0.05) is 12.1 Å². The number of para-hydroxylation sites is 1. The van der Waals surface area contributed by atoms with Crippen LogP contribution in [0.4, 0.5) is 11.4 Å². The Hall–Kier alpha value is -3.62. The van der Waals surface area contributed by atoms with E-state index in [1.807, 2.05) is 30.3 Å². The minimum Gasteiger partial charge on any atom is -0.489 e. The number of halogens is 1. The summed E-state index contributed by atoms with van der Waals surface area (Å²) in [7, 11) is 0. The van der Waals surface area contributed by atoms with Crippen LogP contribution in [-0.4, -0.2) is 16.0 Å². The Labute approximate surface area is 192 Å². The van der Waals surface area contributed by atoms with Crippen LogP contribution in [0.25, 0.3) is 6.08 Å². The van der Waals surface area contributed by atoms with Crippen molar-refractivity contribution in [3.63, 3.8) is 0 Å². The third kappa shape index (κ3) is 5.35. The summed E-state index contributed by atoms with van der Waals surface area (Å²) < 4.78 is 5.79. The third-order valence-corrected chi connectivity index (χ3v) is 5.66. The Morgan fingerprint density at radius 2 is 1.88 bits per heavy atom. The zero-order chi connectivity index (χ0) is 22.5. The van der Waals surface area contributed by atoms with Gasteiger partial charge in [-0.3, -0.25) is 14.9 Å². The lowest BCUT2D eigenvalue weighted by atomic mass is 10.2. The van der Waals surface area contributed by atoms with Crippen molar-refractivity contribution in [2.75, 3.05) is 0 Å². The van der Waals surface area contributed by atoms with Gasteiger partial charge in [0.1, 0.15) is 12.4 Å². The first kappa shape index (κ1) is 21.6. The highest BCUT2D eigenvalue weighted by molar-refractivity contribution is 8.18. The molecule has 1 heterocycles. The SMILES string of the molecule is O=C1NC(=Nc2ccccc2Cl)S/C1=C/c1cccc(OCc2ccc([N+](=O)[O-])cc2)c1. The van der Waals surface area contributed by atoms with E-state index >= 15 is 0 Å². The fourth-order valence-corrected chi connectivity index (χ4v) is 3.87. The number of non-ortho nitro benzene ring substituents is 1. The van der Waals surface area contributed by atoms with Crippen molar-refractivity contribution in [3.05, 3.63) is 104 Å². The number of carbonyl (C=O) groups excluding carboxylic acids is 1. The van der Waals surface area contributed by atoms with Crippen LogP contribution in [0.3, 0.4) is 0 Å². The Balaban J connectivity index is 1.44. The summed E-state index contributed by atoms with van der Waals surface area (Å²) in [4.78, 5) is 27.6. The number of carbonyl (C=O) groups is 1. The van der Waals surface area contributed by atoms with Crippen LogP contribution in [0.1, 0.15) is 11.1 Å². The average Bonchev–Trinajstić information content (AvgIpc) is 3.13. The zero-order valence-corrected chi connectivity index (χ0v) is 18.1. The van der Waals surface area contributed by atoms with Crippen molar-refractivity contribution < 1.29 is 14.5 Å². The third-order valence-electron chi connectivity index (χ3n) is 4.43. The molecule has 0 unspecified atom stereocenters. The largest absolute Gasteiger partial charge is 0.489 e. The lowest BCUT2D eigenvalue weighted by molar-refractivity contribution is -0.384. The van der Waals surface area contributed by atoms with Gasteiger partial charge >= 0.3 is 0 Å². The summed E-state index contributed by atoms with van der Waals surface area (Å²) in [6, 6.07) is 20.7. The number of hydrogen-bond acceptors (Lipinski definition) is 6. The Morgan fingerprint density at radius 1 is 1.09 bits per heavy atom. The Bertz CT molecular complexity index is 1240. The number of nitro benzene ring substituents is 1. The first-order valence-corrected chi connectivity index (χ1v) is 10.7. The number of amidine groups is 1. The molecule has 0 atom stereocenters. The van der Waals surface area contributed by atoms with Crippen LogP contribution in [-0.2, 0) is 11.4 Å². The Kier molecular flexibility index (Phi) is 6.53. The molecule has 1 aliphatic heterocycles. The van der Waals surface area contributed by atoms with E-state index < -0.39 is 4.92 Å². The standard InChI is InChI=1S/C23H16ClN3O4S/c24-19-6-1-2-7-20(19)25-23-26-22(28)21(32-23)13-16-4-3-5-18(12-16)31-14-15-8-10-17(11-9-15)27(29)30/h1-13H,14H2,(H,25,26,28)/b21-13+. The van der Waals surface area contributed by atoms with Crippen LogP contribution in [0, 0.1) is 10.1 Å². The lowest BCUT2D eigenvalue weighted by Crippen LogP contribution is -2.19. The molecule has 160 valence electrons. The van der Waals surface area contributed by atoms with E-state index in [2.05, 4.69) is 10.3 Å². The maximum absolute atomic E-state index is 12.3. The highest BCUT2D eigenvalue weighted by Crippen LogP contribution is 2.31. The van der Waals surface area contributed by atoms with E-state index in [0.717, 1.165) is 11.1 Å². The number of nitro groups is 1. The summed E-state index contributed by atoms with van der Waals surface area (Å²) in [5, 5.41) is 14.5. The molecule has 0 spiro atoms. The van der Waals surface area contributed by atoms with Crippen molar-refractivity contribution in [2.24, 2.45) is 4.99 Å². The fraction of sp³-hybridized carbons (Fsp3) is 0.0435. The molecule has 0 aliphatic carbocycles. The maximum atomic E-state index is 12.3. The van der Waals surface area contributed by atoms with E-state index in [1.54, 1.807) is 36.4 Å². The number of benzene rings is 3. The number of nitrogens with zero attached hydrogens (tertiary/aromatic N) is 2. The van der Waals surface area contributed by atoms with E-state index in [1.165, 1.54) is 23.9 Å². The molecule has 9 heteroatoms. The molecule has 0 saturated carbocycles. The zero-order valence-electron chi connectivity index (χ0n) is 16.5. The van der Waals surface area contributed by atoms with Crippen LogP contribution in [0.5, 0.6) is 5.75 Å². The minimum absolute atomic E-state index is 0.0344. The summed E-state index contributed by atoms with van der Waals surface area (Å²) in [6.45, 7) is 0.266. The van der Waals surface area contributed by atoms with Gasteiger partial charge in [0.15, 0.2) is 5.17 Å². The van der Waals surface area contributed by atoms with Gasteiger partial charge in [0.25, 0.3) is 11.6 Å². The first-order valence-electron chi connectivity index (χ1n) is 9.48. The van der Waals surface area contributed by atoms with Gasteiger partial charge < -0.3 is 10.1 Å². The number of ether oxygens (including phenoxy) is 1. The highest BCUT2D eigenvalue weighted by Gasteiger charge is 2.24. The van der Waals surface area contributed by atoms with Crippen LogP contribution in [0.15, 0.2) is 82.7 Å². The van der Waals surface area contributed by atoms with Crippen LogP contribution >= 0.6 is 23.4 Å². The molecule has 0 radical (unpaired) electrons. The number of rotatable bonds is 6. The van der Waals surface area contributed by atoms with Crippen molar-refractivity contribution in [1.29, 1.82) is 0 Å². The molecule has 4 rings (SSSR count). The van der Waals surface area contributed by atoms with E-state index in [-0.39, 0.29) is 18.2 Å². The molecule has 0 aromatic heterocycles. The molecule has 3 aromatic carbocycles. The fourth-order valence-electron chi connectivity index (χ4n) is 2.86. The predicted molar refractivity (Wildman–Crippen MR) is 126 cm³/mol. The quantitative estimate of drug-likeness (QED) is 0.285. The molecule has 0 bridgehead atoms. The lowest BCUT2D eigenvalue weighted by Gasteiger charge is -2.07. The second-order valence-electron chi connectivity index (χ2n) is 6.72. The van der Waals surface area contributed by atoms with Crippen molar-refractivity contribution in [1.82, 2.24) is 5.32 Å². The number of hydrogen-bond donors (Lipinski definition) is 1. The number of thioether (sulfide) groups is 1. The number of nitrogens with one attached hydrogen (secondary N) is 1. The molecular weight excluding hydrogens is 450 g/mol. The molecule has 32 heavy (non-hydrogen) atoms. The second kappa shape index (κ2) is 9.67. The second-order valence-corrected chi connectivity index (χ2v) is 8.16. The smallest absolute Gasteiger partial charge is 0.269 e. The van der Waals surface area contributed by atoms with Gasteiger partial charge in [-0.15, -0.1) is 0 Å². The van der Waals surface area contributed by atoms with Gasteiger partial charge in [-0.25, -0.2) is 4.99 Å². The van der Waals surface area contributed by atoms with Gasteiger partial charge in [-0.2, -0.15) is 0 Å². The van der Waals surface area contributed by atoms with Crippen LogP contribution in [0.2, 0.25) is 5.02 Å². The van der Waals surface area contributed by atoms with E-state index in [9.17, 15) is 14.9 Å². The summed E-state index contributed by atoms with van der Waals surface area (Å²) in [6.07, 6.45) is 1.76. The predicted octanol–water partition coefficient (Wildman–Crippen LogP) is 5.72. The Morgan fingerprint density at radius 3 is 2.62 bits per heavy atom. The van der Waals surface area contributed by atoms with Crippen molar-refractivity contribution >= 4 is 51.9 Å². The van der Waals surface area contributed by atoms with Gasteiger partial charge in [0.2, 0.25) is 0 Å². The number of amides is 1. The highest BCUT2D eigenvalue weighted by atomic mass is 35.5. The molecular formula is C23H16ClN3O4S. The maximum Gasteiger partial charge on any atom is 0.269 e. The van der Waals surface area contributed by atoms with Gasteiger partial charge in [0.05, 0.1) is 20.5 Å². The summed E-state index contributed by atoms with van der Waals surface area (Å²) in [5.41, 5.74) is 2.22. The molecule has 3 aromatic rings. The van der Waals surface area contributed by atoms with Crippen LogP contribution < -0.4 is 10.1 Å². The summed E-state index contributed by atoms with van der Waals surface area (Å²) >= 11 is 7.36. The monoisotopic (exact) mass is 465 g/mol. The van der Waals surface area contributed by atoms with E-state index in [0.29, 0.717) is 26.5 Å². The normalized spacial score (nSPS) is 15.7. The van der Waals surface area contributed by atoms with Crippen molar-refractivity contribution in [2.45, 2.75) is 6.61 Å². The molecule has 1 saturated heterocycles. The average molecular weight is 466 g/mol. The molecule has 1 N–H and O–H groups in total.